The molecule has 154 valence electrons. The van der Waals surface area contributed by atoms with Gasteiger partial charge in [0.2, 0.25) is 5.13 Å². The van der Waals surface area contributed by atoms with Crippen LogP contribution in [0.25, 0.3) is 5.13 Å². The van der Waals surface area contributed by atoms with Gasteiger partial charge in [0.15, 0.2) is 0 Å². The molecule has 2 aromatic heterocycles. The first-order chi connectivity index (χ1) is 13.8. The van der Waals surface area contributed by atoms with Crippen LogP contribution in [-0.2, 0) is 12.8 Å². The van der Waals surface area contributed by atoms with Crippen molar-refractivity contribution in [1.82, 2.24) is 14.8 Å². The Morgan fingerprint density at radius 2 is 1.93 bits per heavy atom. The van der Waals surface area contributed by atoms with Gasteiger partial charge in [-0.3, -0.25) is 14.7 Å². The topological polar surface area (TPSA) is 79.8 Å². The number of H-pyrrole nitrogens is 1. The van der Waals surface area contributed by atoms with Crippen LogP contribution < -0.4 is 10.9 Å². The van der Waals surface area contributed by atoms with Gasteiger partial charge in [-0.1, -0.05) is 44.2 Å². The van der Waals surface area contributed by atoms with Crippen LogP contribution in [0.3, 0.4) is 0 Å². The number of aromatic nitrogens is 3. The van der Waals surface area contributed by atoms with Crippen LogP contribution in [-0.4, -0.2) is 20.7 Å². The smallest absolute Gasteiger partial charge is 0.276 e. The van der Waals surface area contributed by atoms with E-state index in [1.165, 1.54) is 21.6 Å². The zero-order chi connectivity index (χ0) is 21.1. The predicted molar refractivity (Wildman–Crippen MR) is 118 cm³/mol. The van der Waals surface area contributed by atoms with Crippen LogP contribution in [0.4, 0.5) is 5.69 Å². The minimum absolute atomic E-state index is 0.0842. The maximum Gasteiger partial charge on any atom is 0.276 e. The zero-order valence-electron chi connectivity index (χ0n) is 17.6. The van der Waals surface area contributed by atoms with Gasteiger partial charge in [-0.15, -0.1) is 0 Å². The van der Waals surface area contributed by atoms with Gasteiger partial charge in [-0.2, -0.15) is 4.68 Å². The quantitative estimate of drug-likeness (QED) is 0.593. The Balaban J connectivity index is 1.83. The standard InChI is InChI=1S/C22H28N4O2S/c1-6-16-8-10-17(11-9-16)24-20(27)19-15(5)23-22(29-19)26-21(28)18(14(4)25-26)12-7-13(2)3/h8-11,13,25H,6-7,12H2,1-5H3,(H,24,27). The lowest BCUT2D eigenvalue weighted by Crippen LogP contribution is -2.17. The third-order valence-electron chi connectivity index (χ3n) is 4.97. The molecule has 0 spiro atoms. The van der Waals surface area contributed by atoms with Gasteiger partial charge in [-0.25, -0.2) is 4.98 Å². The van der Waals surface area contributed by atoms with Gasteiger partial charge in [0.05, 0.1) is 5.69 Å². The van der Waals surface area contributed by atoms with E-state index in [9.17, 15) is 9.59 Å². The van der Waals surface area contributed by atoms with Crippen LogP contribution in [0, 0.1) is 19.8 Å². The molecule has 0 bridgehead atoms. The Labute approximate surface area is 175 Å². The SMILES string of the molecule is CCc1ccc(NC(=O)c2sc(-n3[nH]c(C)c(CCC(C)C)c3=O)nc2C)cc1. The number of thiazole rings is 1. The van der Waals surface area contributed by atoms with E-state index >= 15 is 0 Å². The first-order valence-electron chi connectivity index (χ1n) is 9.98. The molecule has 0 aliphatic carbocycles. The number of hydrogen-bond donors (Lipinski definition) is 2. The van der Waals surface area contributed by atoms with Crippen molar-refractivity contribution < 1.29 is 4.79 Å². The second-order valence-electron chi connectivity index (χ2n) is 7.70. The van der Waals surface area contributed by atoms with Crippen molar-refractivity contribution in [3.63, 3.8) is 0 Å². The first kappa shape index (κ1) is 21.0. The zero-order valence-corrected chi connectivity index (χ0v) is 18.4. The van der Waals surface area contributed by atoms with Crippen molar-refractivity contribution in [1.29, 1.82) is 0 Å². The molecule has 0 aliphatic heterocycles. The second-order valence-corrected chi connectivity index (χ2v) is 8.68. The number of carbonyl (C=O) groups excluding carboxylic acids is 1. The van der Waals surface area contributed by atoms with E-state index in [0.717, 1.165) is 36.2 Å². The fourth-order valence-corrected chi connectivity index (χ4v) is 4.07. The number of hydrogen-bond acceptors (Lipinski definition) is 4. The molecule has 1 amide bonds. The summed E-state index contributed by atoms with van der Waals surface area (Å²) in [7, 11) is 0. The van der Waals surface area contributed by atoms with E-state index in [4.69, 9.17) is 0 Å². The molecular formula is C22H28N4O2S. The van der Waals surface area contributed by atoms with E-state index in [1.54, 1.807) is 6.92 Å². The molecule has 6 nitrogen and oxygen atoms in total. The second kappa shape index (κ2) is 8.78. The number of benzene rings is 1. The number of aryl methyl sites for hydroxylation is 3. The lowest BCUT2D eigenvalue weighted by atomic mass is 10.0. The van der Waals surface area contributed by atoms with Crippen molar-refractivity contribution in [3.05, 3.63) is 62.0 Å². The van der Waals surface area contributed by atoms with Crippen LogP contribution in [0.15, 0.2) is 29.1 Å². The number of rotatable bonds is 7. The molecule has 0 atom stereocenters. The van der Waals surface area contributed by atoms with E-state index in [-0.39, 0.29) is 11.5 Å². The summed E-state index contributed by atoms with van der Waals surface area (Å²) >= 11 is 1.22. The number of anilines is 1. The summed E-state index contributed by atoms with van der Waals surface area (Å²) in [4.78, 5) is 30.5. The van der Waals surface area contributed by atoms with Gasteiger partial charge < -0.3 is 5.32 Å². The number of nitrogens with one attached hydrogen (secondary N) is 2. The lowest BCUT2D eigenvalue weighted by Gasteiger charge is -2.04. The molecule has 3 aromatic rings. The highest BCUT2D eigenvalue weighted by Crippen LogP contribution is 2.23. The number of carbonyl (C=O) groups is 1. The molecule has 2 heterocycles. The molecule has 2 N–H and O–H groups in total. The van der Waals surface area contributed by atoms with E-state index in [1.807, 2.05) is 31.2 Å². The van der Waals surface area contributed by atoms with Gasteiger partial charge in [0, 0.05) is 16.9 Å². The monoisotopic (exact) mass is 412 g/mol. The van der Waals surface area contributed by atoms with Crippen molar-refractivity contribution in [2.45, 2.75) is 53.9 Å². The minimum atomic E-state index is -0.216. The maximum absolute atomic E-state index is 12.8. The van der Waals surface area contributed by atoms with Gasteiger partial charge >= 0.3 is 0 Å². The molecule has 3 rings (SSSR count). The average Bonchev–Trinajstić information content (AvgIpc) is 3.20. The molecule has 0 aliphatic rings. The Bertz CT molecular complexity index is 1060. The van der Waals surface area contributed by atoms with Crippen LogP contribution in [0.1, 0.15) is 59.4 Å². The summed E-state index contributed by atoms with van der Waals surface area (Å²) in [6, 6.07) is 7.79. The van der Waals surface area contributed by atoms with E-state index < -0.39 is 0 Å². The molecule has 1 aromatic carbocycles. The van der Waals surface area contributed by atoms with Gasteiger partial charge in [0.1, 0.15) is 4.88 Å². The molecule has 0 fully saturated rings. The van der Waals surface area contributed by atoms with Crippen LogP contribution >= 0.6 is 11.3 Å². The molecule has 0 saturated heterocycles. The summed E-state index contributed by atoms with van der Waals surface area (Å²) in [5.41, 5.74) is 4.12. The Morgan fingerprint density at radius 3 is 2.55 bits per heavy atom. The number of amides is 1. The fourth-order valence-electron chi connectivity index (χ4n) is 3.14. The van der Waals surface area contributed by atoms with Crippen molar-refractivity contribution in [2.75, 3.05) is 5.32 Å². The minimum Gasteiger partial charge on any atom is -0.321 e. The van der Waals surface area contributed by atoms with E-state index in [2.05, 4.69) is 36.2 Å². The van der Waals surface area contributed by atoms with Crippen molar-refractivity contribution in [2.24, 2.45) is 5.92 Å². The van der Waals surface area contributed by atoms with Crippen LogP contribution in [0.5, 0.6) is 0 Å². The highest BCUT2D eigenvalue weighted by molar-refractivity contribution is 7.16. The molecule has 7 heteroatoms. The summed E-state index contributed by atoms with van der Waals surface area (Å²) < 4.78 is 1.45. The van der Waals surface area contributed by atoms with E-state index in [0.29, 0.717) is 21.6 Å². The average molecular weight is 413 g/mol. The molecule has 0 unspecified atom stereocenters. The Morgan fingerprint density at radius 1 is 1.24 bits per heavy atom. The third-order valence-corrected chi connectivity index (χ3v) is 6.11. The third kappa shape index (κ3) is 4.67. The summed E-state index contributed by atoms with van der Waals surface area (Å²) in [5, 5.41) is 6.51. The van der Waals surface area contributed by atoms with Gasteiger partial charge in [0.25, 0.3) is 11.5 Å². The first-order valence-corrected chi connectivity index (χ1v) is 10.8. The van der Waals surface area contributed by atoms with Gasteiger partial charge in [-0.05, 0) is 56.7 Å². The molecule has 0 radical (unpaired) electrons. The maximum atomic E-state index is 12.8. The Kier molecular flexibility index (Phi) is 6.37. The van der Waals surface area contributed by atoms with Crippen molar-refractivity contribution >= 4 is 22.9 Å². The summed E-state index contributed by atoms with van der Waals surface area (Å²) in [5.74, 6) is 0.313. The molecule has 0 saturated carbocycles. The largest absolute Gasteiger partial charge is 0.321 e. The lowest BCUT2D eigenvalue weighted by molar-refractivity contribution is 0.103. The molecule has 29 heavy (non-hydrogen) atoms. The normalized spacial score (nSPS) is 11.2. The predicted octanol–water partition coefficient (Wildman–Crippen LogP) is 4.64. The number of nitrogens with zero attached hydrogens (tertiary/aromatic N) is 2. The highest BCUT2D eigenvalue weighted by atomic mass is 32.1. The number of aromatic amines is 1. The fraction of sp³-hybridized carbons (Fsp3) is 0.409. The van der Waals surface area contributed by atoms with Crippen molar-refractivity contribution in [3.8, 4) is 5.13 Å². The molecular weight excluding hydrogens is 384 g/mol. The summed E-state index contributed by atoms with van der Waals surface area (Å²) in [6.07, 6.45) is 2.64. The highest BCUT2D eigenvalue weighted by Gasteiger charge is 2.20. The Hall–Kier alpha value is -2.67. The summed E-state index contributed by atoms with van der Waals surface area (Å²) in [6.45, 7) is 10.1. The van der Waals surface area contributed by atoms with Crippen LogP contribution in [0.2, 0.25) is 0 Å².